The number of nitrogens with two attached hydrogens (primary N) is 1. The van der Waals surface area contributed by atoms with Gasteiger partial charge in [0.05, 0.1) is 5.92 Å². The van der Waals surface area contributed by atoms with Crippen LogP contribution in [0.1, 0.15) is 30.7 Å². The fourth-order valence-corrected chi connectivity index (χ4v) is 3.92. The zero-order valence-corrected chi connectivity index (χ0v) is 14.0. The van der Waals surface area contributed by atoms with Gasteiger partial charge in [-0.25, -0.2) is 0 Å². The molecular formula is C17H22ClF3N2O. The van der Waals surface area contributed by atoms with Crippen LogP contribution in [0, 0.1) is 11.8 Å². The van der Waals surface area contributed by atoms with Crippen LogP contribution in [0.2, 0.25) is 0 Å². The molecular weight excluding hydrogens is 341 g/mol. The van der Waals surface area contributed by atoms with Crippen LogP contribution in [0.3, 0.4) is 0 Å². The average molecular weight is 363 g/mol. The predicted octanol–water partition coefficient (Wildman–Crippen LogP) is 3.34. The highest BCUT2D eigenvalue weighted by atomic mass is 35.5. The molecule has 1 heterocycles. The van der Waals surface area contributed by atoms with E-state index >= 15 is 0 Å². The van der Waals surface area contributed by atoms with Crippen LogP contribution in [0.15, 0.2) is 30.3 Å². The molecule has 24 heavy (non-hydrogen) atoms. The molecule has 1 amide bonds. The summed E-state index contributed by atoms with van der Waals surface area (Å²) in [6.07, 6.45) is -3.03. The fourth-order valence-electron chi connectivity index (χ4n) is 3.92. The minimum atomic E-state index is -4.43. The fraction of sp³-hybridized carbons (Fsp3) is 0.588. The summed E-state index contributed by atoms with van der Waals surface area (Å²) >= 11 is 0. The second kappa shape index (κ2) is 7.31. The van der Waals surface area contributed by atoms with Crippen LogP contribution in [-0.2, 0) is 4.79 Å². The second-order valence-corrected chi connectivity index (χ2v) is 6.67. The first-order chi connectivity index (χ1) is 10.9. The highest BCUT2D eigenvalue weighted by molar-refractivity contribution is 5.85. The first kappa shape index (κ1) is 19.1. The van der Waals surface area contributed by atoms with Gasteiger partial charge in [-0.2, -0.15) is 13.2 Å². The van der Waals surface area contributed by atoms with Gasteiger partial charge in [0.25, 0.3) is 0 Å². The number of amides is 1. The third-order valence-corrected chi connectivity index (χ3v) is 5.24. The molecule has 0 spiro atoms. The summed E-state index contributed by atoms with van der Waals surface area (Å²) in [5.41, 5.74) is 6.17. The Labute approximate surface area is 145 Å². The van der Waals surface area contributed by atoms with Crippen LogP contribution in [-0.4, -0.2) is 36.1 Å². The van der Waals surface area contributed by atoms with Crippen molar-refractivity contribution >= 4 is 18.3 Å². The lowest BCUT2D eigenvalue weighted by atomic mass is 9.94. The van der Waals surface area contributed by atoms with Gasteiger partial charge in [-0.3, -0.25) is 4.79 Å². The zero-order valence-electron chi connectivity index (χ0n) is 13.2. The molecule has 1 aliphatic heterocycles. The number of benzene rings is 1. The molecule has 4 atom stereocenters. The molecule has 2 N–H and O–H groups in total. The topological polar surface area (TPSA) is 46.3 Å². The number of fused-ring (bicyclic) bond motifs is 1. The van der Waals surface area contributed by atoms with Gasteiger partial charge in [0.1, 0.15) is 0 Å². The quantitative estimate of drug-likeness (QED) is 0.896. The van der Waals surface area contributed by atoms with Gasteiger partial charge in [0.2, 0.25) is 5.91 Å². The van der Waals surface area contributed by atoms with Crippen LogP contribution in [0.25, 0.3) is 0 Å². The molecule has 1 aliphatic carbocycles. The predicted molar refractivity (Wildman–Crippen MR) is 87.9 cm³/mol. The standard InChI is InChI=1S/C17H21F3N2O.ClH/c18-17(19,20)14(11-4-2-1-3-5-11)8-16(23)22-9-12-6-7-15(21)13(12)10-22;/h1-5,12-15H,6-10,21H2;1H. The van der Waals surface area contributed by atoms with E-state index in [0.717, 1.165) is 12.8 Å². The number of hydrogen-bond acceptors (Lipinski definition) is 2. The molecule has 0 bridgehead atoms. The number of hydrogen-bond donors (Lipinski definition) is 1. The molecule has 0 radical (unpaired) electrons. The molecule has 7 heteroatoms. The van der Waals surface area contributed by atoms with Crippen LogP contribution < -0.4 is 5.73 Å². The summed E-state index contributed by atoms with van der Waals surface area (Å²) in [6.45, 7) is 1.06. The third kappa shape index (κ3) is 3.86. The van der Waals surface area contributed by atoms with Crippen molar-refractivity contribution in [3.8, 4) is 0 Å². The van der Waals surface area contributed by atoms with E-state index in [9.17, 15) is 18.0 Å². The number of likely N-dealkylation sites (tertiary alicyclic amines) is 1. The van der Waals surface area contributed by atoms with E-state index in [1.165, 1.54) is 12.1 Å². The molecule has 0 aromatic heterocycles. The monoisotopic (exact) mass is 362 g/mol. The largest absolute Gasteiger partial charge is 0.396 e. The van der Waals surface area contributed by atoms with E-state index in [1.54, 1.807) is 23.1 Å². The minimum Gasteiger partial charge on any atom is -0.342 e. The Balaban J connectivity index is 0.00000208. The van der Waals surface area contributed by atoms with E-state index in [4.69, 9.17) is 5.73 Å². The van der Waals surface area contributed by atoms with E-state index in [-0.39, 0.29) is 29.9 Å². The molecule has 4 unspecified atom stereocenters. The second-order valence-electron chi connectivity index (χ2n) is 6.67. The molecule has 2 aliphatic rings. The Morgan fingerprint density at radius 1 is 1.21 bits per heavy atom. The smallest absolute Gasteiger partial charge is 0.342 e. The van der Waals surface area contributed by atoms with E-state index in [0.29, 0.717) is 19.0 Å². The first-order valence-electron chi connectivity index (χ1n) is 8.01. The lowest BCUT2D eigenvalue weighted by Gasteiger charge is -2.24. The maximum Gasteiger partial charge on any atom is 0.396 e. The molecule has 134 valence electrons. The van der Waals surface area contributed by atoms with Crippen molar-refractivity contribution in [1.82, 2.24) is 4.90 Å². The number of carbonyl (C=O) groups excluding carboxylic acids is 1. The maximum atomic E-state index is 13.4. The minimum absolute atomic E-state index is 0. The summed E-state index contributed by atoms with van der Waals surface area (Å²) in [4.78, 5) is 14.0. The van der Waals surface area contributed by atoms with Crippen molar-refractivity contribution in [2.24, 2.45) is 17.6 Å². The van der Waals surface area contributed by atoms with Crippen molar-refractivity contribution in [3.63, 3.8) is 0 Å². The lowest BCUT2D eigenvalue weighted by Crippen LogP contribution is -2.35. The lowest BCUT2D eigenvalue weighted by molar-refractivity contribution is -0.160. The maximum absolute atomic E-state index is 13.4. The molecule has 1 aromatic carbocycles. The Bertz CT molecular complexity index is 567. The summed E-state index contributed by atoms with van der Waals surface area (Å²) in [5, 5.41) is 0. The molecule has 2 fully saturated rings. The van der Waals surface area contributed by atoms with Crippen molar-refractivity contribution in [2.75, 3.05) is 13.1 Å². The van der Waals surface area contributed by atoms with Crippen molar-refractivity contribution in [3.05, 3.63) is 35.9 Å². The number of nitrogens with zero attached hydrogens (tertiary/aromatic N) is 1. The molecule has 3 rings (SSSR count). The van der Waals surface area contributed by atoms with Crippen LogP contribution in [0.4, 0.5) is 13.2 Å². The Hall–Kier alpha value is -1.27. The Morgan fingerprint density at radius 2 is 1.88 bits per heavy atom. The normalized spacial score (nSPS) is 27.5. The van der Waals surface area contributed by atoms with E-state index < -0.39 is 24.4 Å². The van der Waals surface area contributed by atoms with Gasteiger partial charge in [-0.15, -0.1) is 12.4 Å². The summed E-state index contributed by atoms with van der Waals surface area (Å²) in [7, 11) is 0. The van der Waals surface area contributed by atoms with Gasteiger partial charge in [0, 0.05) is 25.6 Å². The van der Waals surface area contributed by atoms with Gasteiger partial charge in [-0.1, -0.05) is 30.3 Å². The SMILES string of the molecule is Cl.NC1CCC2CN(C(=O)CC(c3ccccc3)C(F)(F)F)CC12. The average Bonchev–Trinajstić information content (AvgIpc) is 3.07. The Morgan fingerprint density at radius 3 is 2.46 bits per heavy atom. The molecule has 3 nitrogen and oxygen atoms in total. The van der Waals surface area contributed by atoms with Crippen molar-refractivity contribution in [2.45, 2.75) is 37.4 Å². The highest BCUT2D eigenvalue weighted by Crippen LogP contribution is 2.40. The van der Waals surface area contributed by atoms with Gasteiger partial charge in [0.15, 0.2) is 0 Å². The third-order valence-electron chi connectivity index (χ3n) is 5.24. The number of rotatable bonds is 3. The van der Waals surface area contributed by atoms with Crippen LogP contribution in [0.5, 0.6) is 0 Å². The van der Waals surface area contributed by atoms with Gasteiger partial charge >= 0.3 is 6.18 Å². The first-order valence-corrected chi connectivity index (χ1v) is 8.01. The summed E-state index contributed by atoms with van der Waals surface area (Å²) in [5.74, 6) is -1.56. The number of carbonyl (C=O) groups is 1. The van der Waals surface area contributed by atoms with Gasteiger partial charge < -0.3 is 10.6 Å². The van der Waals surface area contributed by atoms with E-state index in [1.807, 2.05) is 0 Å². The number of alkyl halides is 3. The highest BCUT2D eigenvalue weighted by Gasteiger charge is 2.46. The molecule has 1 saturated heterocycles. The van der Waals surface area contributed by atoms with Gasteiger partial charge in [-0.05, 0) is 30.2 Å². The molecule has 1 saturated carbocycles. The summed E-state index contributed by atoms with van der Waals surface area (Å²) < 4.78 is 40.1. The zero-order chi connectivity index (χ0) is 16.6. The number of halogens is 4. The van der Waals surface area contributed by atoms with Crippen molar-refractivity contribution in [1.29, 1.82) is 0 Å². The Kier molecular flexibility index (Phi) is 5.81. The van der Waals surface area contributed by atoms with Crippen LogP contribution >= 0.6 is 12.4 Å². The summed E-state index contributed by atoms with van der Waals surface area (Å²) in [6, 6.07) is 7.74. The van der Waals surface area contributed by atoms with Crippen molar-refractivity contribution < 1.29 is 18.0 Å². The van der Waals surface area contributed by atoms with E-state index in [2.05, 4.69) is 0 Å². The molecule has 1 aromatic rings.